The Kier molecular flexibility index (Phi) is 8.31. The van der Waals surface area contributed by atoms with Gasteiger partial charge in [0.05, 0.1) is 11.5 Å². The molecule has 0 aliphatic carbocycles. The second-order valence-electron chi connectivity index (χ2n) is 6.50. The lowest BCUT2D eigenvalue weighted by atomic mass is 10.3. The third-order valence-corrected chi connectivity index (χ3v) is 6.01. The Morgan fingerprint density at radius 3 is 2.32 bits per heavy atom. The van der Waals surface area contributed by atoms with Crippen LogP contribution in [0.25, 0.3) is 0 Å². The van der Waals surface area contributed by atoms with E-state index in [4.69, 9.17) is 0 Å². The molecule has 9 heteroatoms. The number of hydrogen-bond donors (Lipinski definition) is 2. The van der Waals surface area contributed by atoms with Gasteiger partial charge in [0.1, 0.15) is 5.82 Å². The van der Waals surface area contributed by atoms with Crippen LogP contribution >= 0.6 is 23.5 Å². The number of amides is 2. The predicted molar refractivity (Wildman–Crippen MR) is 126 cm³/mol. The molecule has 3 aromatic rings. The summed E-state index contributed by atoms with van der Waals surface area (Å²) in [6.45, 7) is 5.84. The van der Waals surface area contributed by atoms with Crippen molar-refractivity contribution in [3.8, 4) is 0 Å². The zero-order valence-electron chi connectivity index (χ0n) is 17.1. The molecule has 31 heavy (non-hydrogen) atoms. The molecule has 0 unspecified atom stereocenters. The summed E-state index contributed by atoms with van der Waals surface area (Å²) in [6, 6.07) is 17.1. The van der Waals surface area contributed by atoms with Crippen molar-refractivity contribution in [3.63, 3.8) is 0 Å². The van der Waals surface area contributed by atoms with Gasteiger partial charge >= 0.3 is 0 Å². The van der Waals surface area contributed by atoms with Crippen LogP contribution in [0.15, 0.2) is 77.3 Å². The molecule has 0 saturated heterocycles. The standard InChI is InChI=1S/C22H23N5O2S2/c1-3-13-27-20(14-30-19-7-5-4-6-8-19)25-26-22(27)31-15-21(29)24-18-11-9-17(10-12-18)23-16(2)28/h3-12H,1,13-15H2,2H3,(H,23,28)(H,24,29). The molecule has 7 nitrogen and oxygen atoms in total. The van der Waals surface area contributed by atoms with Crippen LogP contribution in [0, 0.1) is 0 Å². The van der Waals surface area contributed by atoms with Crippen LogP contribution in [-0.4, -0.2) is 32.3 Å². The molecule has 0 bridgehead atoms. The first-order chi connectivity index (χ1) is 15.0. The highest BCUT2D eigenvalue weighted by Crippen LogP contribution is 2.24. The number of anilines is 2. The number of nitrogens with zero attached hydrogens (tertiary/aromatic N) is 3. The van der Waals surface area contributed by atoms with Gasteiger partial charge in [0.2, 0.25) is 11.8 Å². The Balaban J connectivity index is 1.56. The molecule has 3 rings (SSSR count). The molecule has 0 radical (unpaired) electrons. The average Bonchev–Trinajstić information content (AvgIpc) is 3.14. The first kappa shape index (κ1) is 22.6. The minimum Gasteiger partial charge on any atom is -0.326 e. The summed E-state index contributed by atoms with van der Waals surface area (Å²) < 4.78 is 1.98. The van der Waals surface area contributed by atoms with Crippen LogP contribution in [0.1, 0.15) is 12.7 Å². The summed E-state index contributed by atoms with van der Waals surface area (Å²) in [5, 5.41) is 14.8. The van der Waals surface area contributed by atoms with Gasteiger partial charge in [-0.2, -0.15) is 0 Å². The van der Waals surface area contributed by atoms with Crippen molar-refractivity contribution < 1.29 is 9.59 Å². The molecular formula is C22H23N5O2S2. The van der Waals surface area contributed by atoms with E-state index >= 15 is 0 Å². The normalized spacial score (nSPS) is 10.5. The van der Waals surface area contributed by atoms with E-state index in [0.29, 0.717) is 28.8 Å². The van der Waals surface area contributed by atoms with Crippen molar-refractivity contribution in [2.24, 2.45) is 0 Å². The first-order valence-electron chi connectivity index (χ1n) is 9.56. The lowest BCUT2D eigenvalue weighted by Crippen LogP contribution is -2.15. The number of rotatable bonds is 10. The van der Waals surface area contributed by atoms with Gasteiger partial charge in [-0.05, 0) is 36.4 Å². The van der Waals surface area contributed by atoms with Crippen LogP contribution in [0.3, 0.4) is 0 Å². The van der Waals surface area contributed by atoms with Crippen molar-refractivity contribution in [1.29, 1.82) is 0 Å². The number of benzene rings is 2. The van der Waals surface area contributed by atoms with Gasteiger partial charge < -0.3 is 15.2 Å². The van der Waals surface area contributed by atoms with Crippen molar-refractivity contribution >= 4 is 46.7 Å². The fourth-order valence-corrected chi connectivity index (χ4v) is 4.30. The summed E-state index contributed by atoms with van der Waals surface area (Å²) in [7, 11) is 0. The molecule has 0 fully saturated rings. The molecule has 0 aliphatic heterocycles. The highest BCUT2D eigenvalue weighted by Gasteiger charge is 2.14. The minimum atomic E-state index is -0.148. The van der Waals surface area contributed by atoms with Crippen LogP contribution < -0.4 is 10.6 Å². The SMILES string of the molecule is C=CCn1c(CSc2ccccc2)nnc1SCC(=O)Nc1ccc(NC(C)=O)cc1. The number of allylic oxidation sites excluding steroid dienone is 1. The van der Waals surface area contributed by atoms with E-state index in [1.54, 1.807) is 42.1 Å². The maximum Gasteiger partial charge on any atom is 0.234 e. The number of hydrogen-bond acceptors (Lipinski definition) is 6. The highest BCUT2D eigenvalue weighted by atomic mass is 32.2. The average molecular weight is 454 g/mol. The lowest BCUT2D eigenvalue weighted by molar-refractivity contribution is -0.114. The summed E-state index contributed by atoms with van der Waals surface area (Å²) in [6.07, 6.45) is 1.79. The largest absolute Gasteiger partial charge is 0.326 e. The summed E-state index contributed by atoms with van der Waals surface area (Å²) in [5.74, 6) is 1.43. The Bertz CT molecular complexity index is 1040. The quantitative estimate of drug-likeness (QED) is 0.348. The Hall–Kier alpha value is -3.04. The molecule has 0 spiro atoms. The second-order valence-corrected chi connectivity index (χ2v) is 8.49. The highest BCUT2D eigenvalue weighted by molar-refractivity contribution is 7.99. The third-order valence-electron chi connectivity index (χ3n) is 4.04. The molecule has 1 aromatic heterocycles. The van der Waals surface area contributed by atoms with E-state index in [2.05, 4.69) is 39.5 Å². The number of nitrogens with one attached hydrogen (secondary N) is 2. The topological polar surface area (TPSA) is 88.9 Å². The molecule has 0 atom stereocenters. The maximum atomic E-state index is 12.4. The Labute approximate surface area is 189 Å². The number of aromatic nitrogens is 3. The van der Waals surface area contributed by atoms with E-state index < -0.39 is 0 Å². The molecule has 0 aliphatic rings. The van der Waals surface area contributed by atoms with Crippen LogP contribution in [0.4, 0.5) is 11.4 Å². The van der Waals surface area contributed by atoms with Gasteiger partial charge in [-0.3, -0.25) is 9.59 Å². The van der Waals surface area contributed by atoms with E-state index in [1.807, 2.05) is 22.8 Å². The Morgan fingerprint density at radius 1 is 1.00 bits per heavy atom. The lowest BCUT2D eigenvalue weighted by Gasteiger charge is -2.09. The van der Waals surface area contributed by atoms with Gasteiger partial charge in [-0.15, -0.1) is 28.5 Å². The molecular weight excluding hydrogens is 430 g/mol. The predicted octanol–water partition coefficient (Wildman–Crippen LogP) is 4.45. The zero-order valence-corrected chi connectivity index (χ0v) is 18.7. The zero-order chi connectivity index (χ0) is 22.1. The second kappa shape index (κ2) is 11.4. The minimum absolute atomic E-state index is 0.140. The fraction of sp³-hybridized carbons (Fsp3) is 0.182. The van der Waals surface area contributed by atoms with E-state index in [1.165, 1.54) is 18.7 Å². The van der Waals surface area contributed by atoms with E-state index in [9.17, 15) is 9.59 Å². The van der Waals surface area contributed by atoms with Gasteiger partial charge in [-0.1, -0.05) is 36.0 Å². The van der Waals surface area contributed by atoms with Crippen molar-refractivity contribution in [1.82, 2.24) is 14.8 Å². The van der Waals surface area contributed by atoms with Crippen LogP contribution in [0.5, 0.6) is 0 Å². The third kappa shape index (κ3) is 7.01. The number of thioether (sulfide) groups is 2. The number of carbonyl (C=O) groups is 2. The molecule has 2 amide bonds. The van der Waals surface area contributed by atoms with Gasteiger partial charge in [0.25, 0.3) is 0 Å². The van der Waals surface area contributed by atoms with Crippen molar-refractivity contribution in [2.75, 3.05) is 16.4 Å². The molecule has 2 aromatic carbocycles. The Morgan fingerprint density at radius 2 is 1.68 bits per heavy atom. The maximum absolute atomic E-state index is 12.4. The van der Waals surface area contributed by atoms with Crippen LogP contribution in [-0.2, 0) is 21.9 Å². The summed E-state index contributed by atoms with van der Waals surface area (Å²) >= 11 is 3.02. The van der Waals surface area contributed by atoms with Gasteiger partial charge in [-0.25, -0.2) is 0 Å². The van der Waals surface area contributed by atoms with Gasteiger partial charge in [0, 0.05) is 29.7 Å². The molecule has 160 valence electrons. The van der Waals surface area contributed by atoms with E-state index in [0.717, 1.165) is 10.7 Å². The van der Waals surface area contributed by atoms with Crippen molar-refractivity contribution in [2.45, 2.75) is 29.3 Å². The number of carbonyl (C=O) groups excluding carboxylic acids is 2. The summed E-state index contributed by atoms with van der Waals surface area (Å²) in [4.78, 5) is 24.6. The smallest absolute Gasteiger partial charge is 0.234 e. The van der Waals surface area contributed by atoms with Crippen LogP contribution in [0.2, 0.25) is 0 Å². The van der Waals surface area contributed by atoms with Crippen molar-refractivity contribution in [3.05, 3.63) is 73.1 Å². The molecule has 1 heterocycles. The molecule has 2 N–H and O–H groups in total. The monoisotopic (exact) mass is 453 g/mol. The first-order valence-corrected chi connectivity index (χ1v) is 11.5. The van der Waals surface area contributed by atoms with Gasteiger partial charge in [0.15, 0.2) is 5.16 Å². The fourth-order valence-electron chi connectivity index (χ4n) is 2.68. The van der Waals surface area contributed by atoms with E-state index in [-0.39, 0.29) is 17.6 Å². The summed E-state index contributed by atoms with van der Waals surface area (Å²) in [5.41, 5.74) is 1.34. The molecule has 0 saturated carbocycles.